The number of thiophene rings is 1. The van der Waals surface area contributed by atoms with Crippen molar-refractivity contribution >= 4 is 23.2 Å². The zero-order valence-corrected chi connectivity index (χ0v) is 10.7. The van der Waals surface area contributed by atoms with Crippen LogP contribution >= 0.6 is 11.3 Å². The molecule has 1 heterocycles. The summed E-state index contributed by atoms with van der Waals surface area (Å²) in [5, 5.41) is 4.74. The Kier molecular flexibility index (Phi) is 3.19. The minimum Gasteiger partial charge on any atom is -0.467 e. The summed E-state index contributed by atoms with van der Waals surface area (Å²) in [6.07, 6.45) is 2.44. The Hall–Kier alpha value is -1.36. The molecule has 0 bridgehead atoms. The van der Waals surface area contributed by atoms with E-state index in [4.69, 9.17) is 4.74 Å². The quantitative estimate of drug-likeness (QED) is 0.814. The third-order valence-electron chi connectivity index (χ3n) is 3.08. The van der Waals surface area contributed by atoms with Crippen LogP contribution in [0, 0.1) is 0 Å². The number of amides is 1. The van der Waals surface area contributed by atoms with Crippen molar-refractivity contribution in [1.82, 2.24) is 5.32 Å². The second-order valence-electron chi connectivity index (χ2n) is 4.19. The van der Waals surface area contributed by atoms with E-state index in [9.17, 15) is 9.59 Å². The van der Waals surface area contributed by atoms with Gasteiger partial charge in [-0.15, -0.1) is 11.3 Å². The maximum absolute atomic E-state index is 12.1. The van der Waals surface area contributed by atoms with E-state index in [1.165, 1.54) is 14.0 Å². The fourth-order valence-electron chi connectivity index (χ4n) is 2.43. The summed E-state index contributed by atoms with van der Waals surface area (Å²) in [6.45, 7) is 1.42. The molecule has 1 atom stereocenters. The van der Waals surface area contributed by atoms with Crippen LogP contribution in [0.25, 0.3) is 0 Å². The summed E-state index contributed by atoms with van der Waals surface area (Å²) in [5.74, 6) is -0.596. The molecule has 1 aromatic rings. The molecular weight excluding hydrogens is 238 g/mol. The lowest BCUT2D eigenvalue weighted by Gasteiger charge is -2.35. The molecule has 92 valence electrons. The van der Waals surface area contributed by atoms with Crippen molar-refractivity contribution in [1.29, 1.82) is 0 Å². The molecule has 0 fully saturated rings. The summed E-state index contributed by atoms with van der Waals surface area (Å²) >= 11 is 1.62. The lowest BCUT2D eigenvalue weighted by atomic mass is 9.80. The van der Waals surface area contributed by atoms with Gasteiger partial charge in [0.2, 0.25) is 5.91 Å². The highest BCUT2D eigenvalue weighted by Gasteiger charge is 2.45. The molecule has 1 aliphatic carbocycles. The normalized spacial score (nSPS) is 22.7. The number of esters is 1. The van der Waals surface area contributed by atoms with E-state index in [0.717, 1.165) is 23.3 Å². The molecule has 1 aliphatic rings. The lowest BCUT2D eigenvalue weighted by Crippen LogP contribution is -2.53. The molecule has 0 spiro atoms. The number of nitrogens with one attached hydrogen (secondary N) is 1. The third-order valence-corrected chi connectivity index (χ3v) is 4.06. The molecule has 2 rings (SSSR count). The molecule has 17 heavy (non-hydrogen) atoms. The van der Waals surface area contributed by atoms with Crippen molar-refractivity contribution in [2.24, 2.45) is 0 Å². The van der Waals surface area contributed by atoms with Crippen LogP contribution in [0.15, 0.2) is 11.4 Å². The first-order valence-corrected chi connectivity index (χ1v) is 6.42. The molecule has 1 amide bonds. The van der Waals surface area contributed by atoms with Gasteiger partial charge in [0.05, 0.1) is 7.11 Å². The predicted molar refractivity (Wildman–Crippen MR) is 64.8 cm³/mol. The number of hydrogen-bond acceptors (Lipinski definition) is 4. The van der Waals surface area contributed by atoms with Gasteiger partial charge in [0.15, 0.2) is 5.54 Å². The first kappa shape index (κ1) is 12.1. The van der Waals surface area contributed by atoms with Crippen LogP contribution in [0.3, 0.4) is 0 Å². The molecule has 0 aliphatic heterocycles. The van der Waals surface area contributed by atoms with E-state index in [2.05, 4.69) is 5.32 Å². The maximum Gasteiger partial charge on any atom is 0.336 e. The number of carbonyl (C=O) groups excluding carboxylic acids is 2. The molecule has 4 nitrogen and oxygen atoms in total. The van der Waals surface area contributed by atoms with Gasteiger partial charge in [-0.2, -0.15) is 0 Å². The molecule has 0 saturated carbocycles. The van der Waals surface area contributed by atoms with E-state index in [-0.39, 0.29) is 11.9 Å². The largest absolute Gasteiger partial charge is 0.467 e. The van der Waals surface area contributed by atoms with E-state index in [1.807, 2.05) is 11.4 Å². The number of rotatable bonds is 2. The highest BCUT2D eigenvalue weighted by molar-refractivity contribution is 7.10. The smallest absolute Gasteiger partial charge is 0.336 e. The van der Waals surface area contributed by atoms with Crippen LogP contribution in [0.4, 0.5) is 0 Å². The van der Waals surface area contributed by atoms with E-state index in [0.29, 0.717) is 6.42 Å². The Labute approximate surface area is 104 Å². The van der Waals surface area contributed by atoms with Crippen molar-refractivity contribution < 1.29 is 14.3 Å². The summed E-state index contributed by atoms with van der Waals surface area (Å²) in [7, 11) is 1.35. The van der Waals surface area contributed by atoms with E-state index in [1.54, 1.807) is 11.3 Å². The summed E-state index contributed by atoms with van der Waals surface area (Å²) in [4.78, 5) is 24.6. The van der Waals surface area contributed by atoms with Crippen LogP contribution in [-0.4, -0.2) is 19.0 Å². The SMILES string of the molecule is COC(=O)C1(NC(C)=O)CCCc2sccc21. The Morgan fingerprint density at radius 3 is 2.94 bits per heavy atom. The first-order chi connectivity index (χ1) is 8.10. The molecule has 0 radical (unpaired) electrons. The van der Waals surface area contributed by atoms with Gasteiger partial charge in [0, 0.05) is 17.4 Å². The molecule has 1 unspecified atom stereocenters. The van der Waals surface area contributed by atoms with Crippen molar-refractivity contribution in [3.8, 4) is 0 Å². The van der Waals surface area contributed by atoms with Crippen LogP contribution in [-0.2, 0) is 26.3 Å². The first-order valence-electron chi connectivity index (χ1n) is 5.54. The van der Waals surface area contributed by atoms with Crippen molar-refractivity contribution in [3.63, 3.8) is 0 Å². The second-order valence-corrected chi connectivity index (χ2v) is 5.19. The van der Waals surface area contributed by atoms with Gasteiger partial charge in [0.1, 0.15) is 0 Å². The fourth-order valence-corrected chi connectivity index (χ4v) is 3.43. The van der Waals surface area contributed by atoms with Crippen LogP contribution in [0.5, 0.6) is 0 Å². The Morgan fingerprint density at radius 2 is 2.29 bits per heavy atom. The number of methoxy groups -OCH3 is 1. The topological polar surface area (TPSA) is 55.4 Å². The fraction of sp³-hybridized carbons (Fsp3) is 0.500. The minimum atomic E-state index is -0.978. The maximum atomic E-state index is 12.1. The zero-order valence-electron chi connectivity index (χ0n) is 9.91. The Balaban J connectivity index is 2.49. The van der Waals surface area contributed by atoms with E-state index < -0.39 is 5.54 Å². The van der Waals surface area contributed by atoms with Crippen molar-refractivity contribution in [2.45, 2.75) is 31.7 Å². The molecule has 0 saturated heterocycles. The van der Waals surface area contributed by atoms with Gasteiger partial charge in [-0.1, -0.05) is 0 Å². The summed E-state index contributed by atoms with van der Waals surface area (Å²) in [6, 6.07) is 1.91. The minimum absolute atomic E-state index is 0.213. The van der Waals surface area contributed by atoms with Gasteiger partial charge in [-0.3, -0.25) is 4.79 Å². The molecule has 5 heteroatoms. The van der Waals surface area contributed by atoms with Crippen LogP contribution < -0.4 is 5.32 Å². The molecule has 1 N–H and O–H groups in total. The number of fused-ring (bicyclic) bond motifs is 1. The number of hydrogen-bond donors (Lipinski definition) is 1. The van der Waals surface area contributed by atoms with Gasteiger partial charge in [-0.05, 0) is 30.7 Å². The van der Waals surface area contributed by atoms with Gasteiger partial charge in [0.25, 0.3) is 0 Å². The van der Waals surface area contributed by atoms with E-state index >= 15 is 0 Å². The monoisotopic (exact) mass is 253 g/mol. The van der Waals surface area contributed by atoms with Gasteiger partial charge in [-0.25, -0.2) is 4.79 Å². The Morgan fingerprint density at radius 1 is 1.53 bits per heavy atom. The van der Waals surface area contributed by atoms with Crippen LogP contribution in [0.1, 0.15) is 30.2 Å². The highest BCUT2D eigenvalue weighted by Crippen LogP contribution is 2.39. The third kappa shape index (κ3) is 1.95. The molecular formula is C12H15NO3S. The second kappa shape index (κ2) is 4.49. The Bertz CT molecular complexity index is 454. The predicted octanol–water partition coefficient (Wildman–Crippen LogP) is 1.59. The summed E-state index contributed by atoms with van der Waals surface area (Å²) in [5.41, 5.74) is -0.0791. The van der Waals surface area contributed by atoms with Crippen molar-refractivity contribution in [2.75, 3.05) is 7.11 Å². The average molecular weight is 253 g/mol. The molecule has 0 aromatic carbocycles. The number of ether oxygens (including phenoxy) is 1. The average Bonchev–Trinajstić information content (AvgIpc) is 2.76. The lowest BCUT2D eigenvalue weighted by molar-refractivity contribution is -0.152. The highest BCUT2D eigenvalue weighted by atomic mass is 32.1. The summed E-state index contributed by atoms with van der Waals surface area (Å²) < 4.78 is 4.87. The van der Waals surface area contributed by atoms with Crippen LogP contribution in [0.2, 0.25) is 0 Å². The standard InChI is InChI=1S/C12H15NO3S/c1-8(14)13-12(11(15)16-2)6-3-4-10-9(12)5-7-17-10/h5,7H,3-4,6H2,1-2H3,(H,13,14). The van der Waals surface area contributed by atoms with Crippen molar-refractivity contribution in [3.05, 3.63) is 21.9 Å². The number of aryl methyl sites for hydroxylation is 1. The molecule has 1 aromatic heterocycles. The number of carbonyl (C=O) groups is 2. The van der Waals surface area contributed by atoms with Gasteiger partial charge < -0.3 is 10.1 Å². The van der Waals surface area contributed by atoms with Gasteiger partial charge >= 0.3 is 5.97 Å². The zero-order chi connectivity index (χ0) is 12.5.